The average Bonchev–Trinajstić information content (AvgIpc) is 2.34. The predicted molar refractivity (Wildman–Crippen MR) is 81.3 cm³/mol. The molecule has 0 spiro atoms. The van der Waals surface area contributed by atoms with Gasteiger partial charge in [0.2, 0.25) is 0 Å². The molecule has 9 heteroatoms. The van der Waals surface area contributed by atoms with Crippen LogP contribution in [-0.4, -0.2) is 8.42 Å². The summed E-state index contributed by atoms with van der Waals surface area (Å²) < 4.78 is 52.9. The van der Waals surface area contributed by atoms with E-state index in [1.54, 1.807) is 0 Å². The molecule has 21 heavy (non-hydrogen) atoms. The number of benzene rings is 2. The van der Waals surface area contributed by atoms with Gasteiger partial charge in [-0.15, -0.1) is 0 Å². The van der Waals surface area contributed by atoms with Crippen LogP contribution < -0.4 is 4.72 Å². The zero-order chi connectivity index (χ0) is 15.8. The van der Waals surface area contributed by atoms with Crippen molar-refractivity contribution in [3.63, 3.8) is 0 Å². The van der Waals surface area contributed by atoms with Crippen molar-refractivity contribution >= 4 is 54.8 Å². The van der Waals surface area contributed by atoms with Crippen molar-refractivity contribution in [3.05, 3.63) is 56.5 Å². The molecule has 112 valence electrons. The van der Waals surface area contributed by atoms with Crippen molar-refractivity contribution in [1.82, 2.24) is 0 Å². The first-order valence-corrected chi connectivity index (χ1v) is 8.36. The smallest absolute Gasteiger partial charge is 0.263 e. The number of hydrogen-bond donors (Lipinski definition) is 1. The summed E-state index contributed by atoms with van der Waals surface area (Å²) in [6, 6.07) is 5.27. The largest absolute Gasteiger partial charge is 0.279 e. The molecule has 2 rings (SSSR count). The standard InChI is InChI=1S/C12H6BrCl2F2NO2S/c13-8-3-6(16)1-2-11(8)21(19,20)18-7-4-9(14)12(17)10(15)5-7/h1-5,18H. The fourth-order valence-electron chi connectivity index (χ4n) is 1.52. The fourth-order valence-corrected chi connectivity index (χ4v) is 4.10. The average molecular weight is 417 g/mol. The second-order valence-electron chi connectivity index (χ2n) is 3.93. The van der Waals surface area contributed by atoms with Gasteiger partial charge in [-0.25, -0.2) is 17.2 Å². The summed E-state index contributed by atoms with van der Waals surface area (Å²) in [5, 5.41) is -0.642. The van der Waals surface area contributed by atoms with Gasteiger partial charge in [-0.2, -0.15) is 0 Å². The van der Waals surface area contributed by atoms with E-state index in [2.05, 4.69) is 20.7 Å². The van der Waals surface area contributed by atoms with Gasteiger partial charge in [0.25, 0.3) is 10.0 Å². The van der Waals surface area contributed by atoms with Crippen LogP contribution in [0.1, 0.15) is 0 Å². The number of rotatable bonds is 3. The van der Waals surface area contributed by atoms with Crippen LogP contribution in [0.15, 0.2) is 39.7 Å². The Balaban J connectivity index is 2.42. The molecule has 3 nitrogen and oxygen atoms in total. The molecule has 0 aliphatic carbocycles. The van der Waals surface area contributed by atoms with Crippen LogP contribution in [0.4, 0.5) is 14.5 Å². The molecule has 0 saturated heterocycles. The van der Waals surface area contributed by atoms with Crippen LogP contribution >= 0.6 is 39.1 Å². The van der Waals surface area contributed by atoms with Crippen molar-refractivity contribution in [1.29, 1.82) is 0 Å². The lowest BCUT2D eigenvalue weighted by Crippen LogP contribution is -2.13. The van der Waals surface area contributed by atoms with E-state index in [4.69, 9.17) is 23.2 Å². The van der Waals surface area contributed by atoms with E-state index >= 15 is 0 Å². The third-order valence-electron chi connectivity index (χ3n) is 2.42. The van der Waals surface area contributed by atoms with Gasteiger partial charge in [0.1, 0.15) is 10.7 Å². The Hall–Kier alpha value is -0.890. The predicted octanol–water partition coefficient (Wildman–Crippen LogP) is 4.83. The van der Waals surface area contributed by atoms with Gasteiger partial charge < -0.3 is 0 Å². The van der Waals surface area contributed by atoms with Crippen LogP contribution in [0.2, 0.25) is 10.0 Å². The molecule has 0 atom stereocenters. The van der Waals surface area contributed by atoms with Crippen LogP contribution in [-0.2, 0) is 10.0 Å². The molecule has 0 bridgehead atoms. The zero-order valence-electron chi connectivity index (χ0n) is 10.0. The summed E-state index contributed by atoms with van der Waals surface area (Å²) in [7, 11) is -4.01. The van der Waals surface area contributed by atoms with Gasteiger partial charge >= 0.3 is 0 Å². The first-order chi connectivity index (χ1) is 9.70. The van der Waals surface area contributed by atoms with Crippen molar-refractivity contribution < 1.29 is 17.2 Å². The number of sulfonamides is 1. The topological polar surface area (TPSA) is 46.2 Å². The van der Waals surface area contributed by atoms with Crippen molar-refractivity contribution in [2.24, 2.45) is 0 Å². The SMILES string of the molecule is O=S(=O)(Nc1cc(Cl)c(F)c(Cl)c1)c1ccc(F)cc1Br. The number of anilines is 1. The Kier molecular flexibility index (Phi) is 4.77. The molecular weight excluding hydrogens is 411 g/mol. The maximum absolute atomic E-state index is 13.3. The van der Waals surface area contributed by atoms with E-state index in [0.717, 1.165) is 30.3 Å². The van der Waals surface area contributed by atoms with Gasteiger partial charge in [0.05, 0.1) is 15.7 Å². The molecule has 2 aromatic carbocycles. The molecule has 1 N–H and O–H groups in total. The fraction of sp³-hybridized carbons (Fsp3) is 0. The third-order valence-corrected chi connectivity index (χ3v) is 5.33. The lowest BCUT2D eigenvalue weighted by molar-refractivity contribution is 0.598. The van der Waals surface area contributed by atoms with E-state index in [-0.39, 0.29) is 25.1 Å². The number of nitrogens with one attached hydrogen (secondary N) is 1. The second kappa shape index (κ2) is 6.08. The molecule has 0 amide bonds. The molecule has 0 saturated carbocycles. The van der Waals surface area contributed by atoms with Crippen LogP contribution in [0.5, 0.6) is 0 Å². The van der Waals surface area contributed by atoms with Crippen molar-refractivity contribution in [3.8, 4) is 0 Å². The van der Waals surface area contributed by atoms with Gasteiger partial charge in [-0.1, -0.05) is 23.2 Å². The molecule has 0 radical (unpaired) electrons. The van der Waals surface area contributed by atoms with Crippen LogP contribution in [0.3, 0.4) is 0 Å². The molecule has 0 heterocycles. The normalized spacial score (nSPS) is 11.5. The first-order valence-electron chi connectivity index (χ1n) is 5.33. The molecule has 0 unspecified atom stereocenters. The summed E-state index contributed by atoms with van der Waals surface area (Å²) in [4.78, 5) is -0.180. The zero-order valence-corrected chi connectivity index (χ0v) is 13.9. The molecule has 0 aliphatic heterocycles. The number of hydrogen-bond acceptors (Lipinski definition) is 2. The van der Waals surface area contributed by atoms with Gasteiger partial charge in [0.15, 0.2) is 5.82 Å². The summed E-state index contributed by atoms with van der Waals surface area (Å²) in [6.07, 6.45) is 0. The maximum Gasteiger partial charge on any atom is 0.263 e. The van der Waals surface area contributed by atoms with Crippen LogP contribution in [0, 0.1) is 11.6 Å². The monoisotopic (exact) mass is 415 g/mol. The second-order valence-corrected chi connectivity index (χ2v) is 7.25. The van der Waals surface area contributed by atoms with Gasteiger partial charge in [-0.3, -0.25) is 4.72 Å². The Labute approximate surface area is 138 Å². The summed E-state index contributed by atoms with van der Waals surface area (Å²) in [5.41, 5.74) is -0.0115. The molecular formula is C12H6BrCl2F2NO2S. The van der Waals surface area contributed by atoms with E-state index in [1.807, 2.05) is 0 Å². The maximum atomic E-state index is 13.3. The molecule has 2 aromatic rings. The Bertz CT molecular complexity index is 792. The molecule has 0 aromatic heterocycles. The van der Waals surface area contributed by atoms with E-state index in [0.29, 0.717) is 0 Å². The van der Waals surface area contributed by atoms with Crippen molar-refractivity contribution in [2.45, 2.75) is 4.90 Å². The highest BCUT2D eigenvalue weighted by atomic mass is 79.9. The Morgan fingerprint density at radius 2 is 1.62 bits per heavy atom. The quantitative estimate of drug-likeness (QED) is 0.728. The van der Waals surface area contributed by atoms with E-state index in [1.165, 1.54) is 0 Å². The third kappa shape index (κ3) is 3.66. The highest BCUT2D eigenvalue weighted by Crippen LogP contribution is 2.30. The highest BCUT2D eigenvalue weighted by Gasteiger charge is 2.19. The molecule has 0 fully saturated rings. The lowest BCUT2D eigenvalue weighted by atomic mass is 10.3. The minimum absolute atomic E-state index is 0.0115. The Morgan fingerprint density at radius 3 is 2.14 bits per heavy atom. The van der Waals surface area contributed by atoms with Crippen LogP contribution in [0.25, 0.3) is 0 Å². The summed E-state index contributed by atoms with van der Waals surface area (Å²) in [6.45, 7) is 0. The molecule has 0 aliphatic rings. The van der Waals surface area contributed by atoms with E-state index in [9.17, 15) is 17.2 Å². The minimum atomic E-state index is -4.01. The number of halogens is 5. The van der Waals surface area contributed by atoms with Gasteiger partial charge in [0, 0.05) is 4.47 Å². The highest BCUT2D eigenvalue weighted by molar-refractivity contribution is 9.10. The summed E-state index contributed by atoms with van der Waals surface area (Å²) in [5.74, 6) is -1.43. The first kappa shape index (κ1) is 16.5. The lowest BCUT2D eigenvalue weighted by Gasteiger charge is -2.11. The van der Waals surface area contributed by atoms with E-state index < -0.39 is 21.7 Å². The Morgan fingerprint density at radius 1 is 1.05 bits per heavy atom. The minimum Gasteiger partial charge on any atom is -0.279 e. The summed E-state index contributed by atoms with van der Waals surface area (Å²) >= 11 is 14.2. The van der Waals surface area contributed by atoms with Gasteiger partial charge in [-0.05, 0) is 46.3 Å². The van der Waals surface area contributed by atoms with Crippen molar-refractivity contribution in [2.75, 3.05) is 4.72 Å².